The van der Waals surface area contributed by atoms with E-state index in [0.29, 0.717) is 25.7 Å². The second-order valence-electron chi connectivity index (χ2n) is 24.3. The number of hydrogen-bond donors (Lipinski definition) is 3. The maximum Gasteiger partial charge on any atom is 0.472 e. The fourth-order valence-electron chi connectivity index (χ4n) is 9.94. The molecule has 0 aromatic heterocycles. The lowest BCUT2D eigenvalue weighted by atomic mass is 10.0. The Bertz CT molecular complexity index is 1650. The van der Waals surface area contributed by atoms with Crippen molar-refractivity contribution < 1.29 is 80.2 Å². The van der Waals surface area contributed by atoms with Gasteiger partial charge in [0, 0.05) is 25.7 Å². The quantitative estimate of drug-likeness (QED) is 0.0222. The van der Waals surface area contributed by atoms with Gasteiger partial charge in [0.25, 0.3) is 0 Å². The van der Waals surface area contributed by atoms with E-state index in [4.69, 9.17) is 37.0 Å². The van der Waals surface area contributed by atoms with E-state index in [9.17, 15) is 43.2 Å². The number of unbranched alkanes of at least 4 members (excludes halogenated alkanes) is 38. The molecule has 0 aromatic rings. The van der Waals surface area contributed by atoms with E-state index in [0.717, 1.165) is 95.8 Å². The molecule has 85 heavy (non-hydrogen) atoms. The summed E-state index contributed by atoms with van der Waals surface area (Å²) in [4.78, 5) is 72.2. The summed E-state index contributed by atoms with van der Waals surface area (Å²) in [6, 6.07) is 0. The molecule has 5 atom stereocenters. The lowest BCUT2D eigenvalue weighted by Crippen LogP contribution is -2.30. The summed E-state index contributed by atoms with van der Waals surface area (Å²) in [5.74, 6) is -1.34. The molecule has 19 heteroatoms. The molecule has 2 unspecified atom stereocenters. The van der Waals surface area contributed by atoms with E-state index >= 15 is 0 Å². The highest BCUT2D eigenvalue weighted by molar-refractivity contribution is 7.47. The van der Waals surface area contributed by atoms with Gasteiger partial charge in [0.1, 0.15) is 19.3 Å². The lowest BCUT2D eigenvalue weighted by Gasteiger charge is -2.21. The number of ether oxygens (including phenoxy) is 4. The summed E-state index contributed by atoms with van der Waals surface area (Å²) in [6.45, 7) is 7.20. The molecule has 0 saturated heterocycles. The van der Waals surface area contributed by atoms with Crippen LogP contribution in [0.15, 0.2) is 0 Å². The molecule has 0 spiro atoms. The predicted octanol–water partition coefficient (Wildman–Crippen LogP) is 18.6. The van der Waals surface area contributed by atoms with E-state index in [1.165, 1.54) is 161 Å². The Morgan fingerprint density at radius 3 is 0.800 bits per heavy atom. The summed E-state index contributed by atoms with van der Waals surface area (Å²) in [5, 5.41) is 10.5. The number of aliphatic hydroxyl groups is 1. The normalized spacial score (nSPS) is 14.2. The molecule has 0 aliphatic carbocycles. The third kappa shape index (κ3) is 60.7. The van der Waals surface area contributed by atoms with Gasteiger partial charge >= 0.3 is 39.5 Å². The maximum absolute atomic E-state index is 13.0. The van der Waals surface area contributed by atoms with E-state index in [-0.39, 0.29) is 25.7 Å². The molecule has 0 aliphatic rings. The van der Waals surface area contributed by atoms with Crippen LogP contribution in [0.2, 0.25) is 0 Å². The third-order valence-corrected chi connectivity index (χ3v) is 17.2. The van der Waals surface area contributed by atoms with Crippen LogP contribution < -0.4 is 0 Å². The summed E-state index contributed by atoms with van der Waals surface area (Å²) >= 11 is 0. The highest BCUT2D eigenvalue weighted by Gasteiger charge is 2.30. The first kappa shape index (κ1) is 83.1. The number of aliphatic hydroxyl groups excluding tert-OH is 1. The molecular weight excluding hydrogens is 1130 g/mol. The number of rotatable bonds is 66. The lowest BCUT2D eigenvalue weighted by molar-refractivity contribution is -0.161. The van der Waals surface area contributed by atoms with Gasteiger partial charge in [-0.1, -0.05) is 285 Å². The van der Waals surface area contributed by atoms with Crippen LogP contribution >= 0.6 is 15.6 Å². The summed E-state index contributed by atoms with van der Waals surface area (Å²) in [7, 11) is -9.89. The van der Waals surface area contributed by atoms with E-state index in [2.05, 4.69) is 34.6 Å². The van der Waals surface area contributed by atoms with Crippen molar-refractivity contribution in [1.82, 2.24) is 0 Å². The van der Waals surface area contributed by atoms with Crippen molar-refractivity contribution in [3.63, 3.8) is 0 Å². The minimum atomic E-state index is -4.94. The van der Waals surface area contributed by atoms with Gasteiger partial charge in [0.2, 0.25) is 0 Å². The summed E-state index contributed by atoms with van der Waals surface area (Å²) in [6.07, 6.45) is 44.3. The minimum Gasteiger partial charge on any atom is -0.462 e. The molecule has 17 nitrogen and oxygen atoms in total. The highest BCUT2D eigenvalue weighted by Crippen LogP contribution is 2.45. The van der Waals surface area contributed by atoms with Gasteiger partial charge in [0.15, 0.2) is 12.2 Å². The number of phosphoric acid groups is 2. The monoisotopic (exact) mass is 1250 g/mol. The van der Waals surface area contributed by atoms with E-state index in [1.807, 2.05) is 0 Å². The zero-order chi connectivity index (χ0) is 62.8. The Morgan fingerprint density at radius 2 is 0.541 bits per heavy atom. The zero-order valence-corrected chi connectivity index (χ0v) is 56.5. The molecule has 0 fully saturated rings. The average Bonchev–Trinajstić information content (AvgIpc) is 3.51. The fourth-order valence-corrected chi connectivity index (χ4v) is 11.5. The number of phosphoric ester groups is 2. The maximum atomic E-state index is 13.0. The van der Waals surface area contributed by atoms with Crippen LogP contribution in [0, 0.1) is 5.92 Å². The van der Waals surface area contributed by atoms with Gasteiger partial charge in [-0.2, -0.15) is 0 Å². The Balaban J connectivity index is 5.21. The second-order valence-corrected chi connectivity index (χ2v) is 27.2. The average molecular weight is 1260 g/mol. The number of carbonyl (C=O) groups is 4. The van der Waals surface area contributed by atoms with Crippen molar-refractivity contribution in [2.75, 3.05) is 39.6 Å². The van der Waals surface area contributed by atoms with Crippen molar-refractivity contribution in [3.8, 4) is 0 Å². The van der Waals surface area contributed by atoms with Crippen molar-refractivity contribution in [2.24, 2.45) is 5.92 Å². The fraction of sp³-hybridized carbons (Fsp3) is 0.939. The van der Waals surface area contributed by atoms with Crippen molar-refractivity contribution >= 4 is 39.5 Å². The molecule has 0 aromatic carbocycles. The second kappa shape index (κ2) is 59.7. The third-order valence-electron chi connectivity index (χ3n) is 15.3. The van der Waals surface area contributed by atoms with Crippen molar-refractivity contribution in [1.29, 1.82) is 0 Å². The predicted molar refractivity (Wildman–Crippen MR) is 340 cm³/mol. The number of hydrogen-bond acceptors (Lipinski definition) is 15. The first-order chi connectivity index (χ1) is 41.0. The Morgan fingerprint density at radius 1 is 0.318 bits per heavy atom. The van der Waals surface area contributed by atoms with Gasteiger partial charge in [-0.25, -0.2) is 9.13 Å². The largest absolute Gasteiger partial charge is 0.472 e. The Hall–Kier alpha value is -1.94. The van der Waals surface area contributed by atoms with Crippen LogP contribution in [0.4, 0.5) is 0 Å². The van der Waals surface area contributed by atoms with Gasteiger partial charge < -0.3 is 33.8 Å². The molecule has 0 amide bonds. The van der Waals surface area contributed by atoms with Crippen LogP contribution in [-0.2, 0) is 65.4 Å². The van der Waals surface area contributed by atoms with Gasteiger partial charge in [-0.3, -0.25) is 37.3 Å². The van der Waals surface area contributed by atoms with E-state index < -0.39 is 97.5 Å². The molecular formula is C66H128O17P2. The molecule has 0 saturated carbocycles. The molecule has 0 heterocycles. The van der Waals surface area contributed by atoms with Crippen LogP contribution in [0.1, 0.15) is 336 Å². The smallest absolute Gasteiger partial charge is 0.462 e. The van der Waals surface area contributed by atoms with E-state index in [1.54, 1.807) is 0 Å². The van der Waals surface area contributed by atoms with Crippen LogP contribution in [-0.4, -0.2) is 96.7 Å². The minimum absolute atomic E-state index is 0.106. The van der Waals surface area contributed by atoms with Crippen molar-refractivity contribution in [2.45, 2.75) is 355 Å². The topological polar surface area (TPSA) is 237 Å². The molecule has 0 radical (unpaired) electrons. The number of esters is 4. The molecule has 0 aliphatic heterocycles. The SMILES string of the molecule is CCCCCCCCCCCCC(=O)OC[C@H](COP(=O)(O)OC[C@@H](O)COP(=O)(O)OC[C@@H](COC(=O)CCCCCCCCCCC)OC(=O)CCCCCCCCCCCC)OC(=O)CCCCCCCCCCCCCCCC(C)C. The van der Waals surface area contributed by atoms with Crippen molar-refractivity contribution in [3.05, 3.63) is 0 Å². The van der Waals surface area contributed by atoms with Crippen LogP contribution in [0.5, 0.6) is 0 Å². The van der Waals surface area contributed by atoms with Crippen LogP contribution in [0.25, 0.3) is 0 Å². The zero-order valence-electron chi connectivity index (χ0n) is 54.7. The summed E-state index contributed by atoms with van der Waals surface area (Å²) in [5.41, 5.74) is 0. The van der Waals surface area contributed by atoms with Crippen LogP contribution in [0.3, 0.4) is 0 Å². The highest BCUT2D eigenvalue weighted by atomic mass is 31.2. The standard InChI is InChI=1S/C66H128O17P2/c1-6-9-12-15-18-21-30-35-40-45-50-64(69)77-56-62(83-66(71)52-47-42-37-32-27-25-23-24-26-29-33-38-43-48-59(4)5)58-81-85(74,75)79-54-60(67)53-78-84(72,73)80-57-61(55-76-63(68)49-44-39-34-28-20-17-14-11-8-3)82-65(70)51-46-41-36-31-22-19-16-13-10-7-2/h59-62,67H,6-58H2,1-5H3,(H,72,73)(H,74,75)/t60-,61+,62+/m0/s1. The molecule has 0 bridgehead atoms. The van der Waals surface area contributed by atoms with Gasteiger partial charge in [-0.05, 0) is 31.6 Å². The van der Waals surface area contributed by atoms with Gasteiger partial charge in [0.05, 0.1) is 26.4 Å². The number of carbonyl (C=O) groups excluding carboxylic acids is 4. The first-order valence-electron chi connectivity index (χ1n) is 34.6. The molecule has 504 valence electrons. The first-order valence-corrected chi connectivity index (χ1v) is 37.6. The molecule has 3 N–H and O–H groups in total. The Kier molecular flexibility index (Phi) is 58.3. The van der Waals surface area contributed by atoms with Gasteiger partial charge in [-0.15, -0.1) is 0 Å². The summed E-state index contributed by atoms with van der Waals surface area (Å²) < 4.78 is 68.0. The Labute approximate surface area is 517 Å². The molecule has 0 rings (SSSR count).